The number of nitrogens with one attached hydrogen (secondary N) is 2. The number of rotatable bonds is 7. The van der Waals surface area contributed by atoms with Crippen molar-refractivity contribution in [1.29, 1.82) is 0 Å². The summed E-state index contributed by atoms with van der Waals surface area (Å²) in [7, 11) is 0. The Morgan fingerprint density at radius 1 is 1.29 bits per heavy atom. The van der Waals surface area contributed by atoms with Gasteiger partial charge in [-0.1, -0.05) is 0 Å². The average molecular weight is 246 g/mol. The zero-order chi connectivity index (χ0) is 12.3. The highest BCUT2D eigenvalue weighted by atomic mass is 16.5. The quantitative estimate of drug-likeness (QED) is 0.540. The standard InChI is InChI=1S/C11H22N2O4/c14-4-8-17-7-3-12-11(15)13-9-10-1-5-16-6-2-10/h10,14H,1-9H2,(H2,12,13,15). The first-order valence-electron chi connectivity index (χ1n) is 6.11. The van der Waals surface area contributed by atoms with Crippen molar-refractivity contribution in [2.45, 2.75) is 12.8 Å². The molecule has 100 valence electrons. The Labute approximate surface area is 102 Å². The number of carbonyl (C=O) groups is 1. The Kier molecular flexibility index (Phi) is 7.70. The predicted molar refractivity (Wildman–Crippen MR) is 62.8 cm³/mol. The van der Waals surface area contributed by atoms with Gasteiger partial charge in [-0.2, -0.15) is 0 Å². The molecule has 0 radical (unpaired) electrons. The molecule has 1 fully saturated rings. The molecule has 1 aliphatic rings. The highest BCUT2D eigenvalue weighted by Gasteiger charge is 2.14. The van der Waals surface area contributed by atoms with Crippen LogP contribution in [0.3, 0.4) is 0 Å². The zero-order valence-corrected chi connectivity index (χ0v) is 10.1. The van der Waals surface area contributed by atoms with Crippen LogP contribution >= 0.6 is 0 Å². The van der Waals surface area contributed by atoms with Crippen LogP contribution in [-0.4, -0.2) is 57.3 Å². The minimum atomic E-state index is -0.163. The van der Waals surface area contributed by atoms with Gasteiger partial charge in [0, 0.05) is 26.3 Å². The Hall–Kier alpha value is -0.850. The van der Waals surface area contributed by atoms with Gasteiger partial charge in [-0.3, -0.25) is 0 Å². The van der Waals surface area contributed by atoms with E-state index in [0.717, 1.165) is 26.1 Å². The maximum atomic E-state index is 11.4. The summed E-state index contributed by atoms with van der Waals surface area (Å²) in [6, 6.07) is -0.163. The van der Waals surface area contributed by atoms with E-state index in [-0.39, 0.29) is 12.6 Å². The van der Waals surface area contributed by atoms with Gasteiger partial charge in [0.25, 0.3) is 0 Å². The van der Waals surface area contributed by atoms with Gasteiger partial charge in [-0.25, -0.2) is 4.79 Å². The van der Waals surface area contributed by atoms with Crippen LogP contribution in [0.2, 0.25) is 0 Å². The van der Waals surface area contributed by atoms with Crippen LogP contribution in [-0.2, 0) is 9.47 Å². The molecule has 0 aromatic heterocycles. The lowest BCUT2D eigenvalue weighted by molar-refractivity contribution is 0.0668. The molecular weight excluding hydrogens is 224 g/mol. The number of hydrogen-bond acceptors (Lipinski definition) is 4. The molecule has 1 rings (SSSR count). The molecule has 0 spiro atoms. The first kappa shape index (κ1) is 14.2. The first-order valence-corrected chi connectivity index (χ1v) is 6.11. The van der Waals surface area contributed by atoms with Gasteiger partial charge in [-0.05, 0) is 18.8 Å². The van der Waals surface area contributed by atoms with Crippen molar-refractivity contribution < 1.29 is 19.4 Å². The molecular formula is C11H22N2O4. The minimum Gasteiger partial charge on any atom is -0.394 e. The molecule has 0 atom stereocenters. The summed E-state index contributed by atoms with van der Waals surface area (Å²) < 4.78 is 10.3. The Morgan fingerprint density at radius 3 is 2.76 bits per heavy atom. The summed E-state index contributed by atoms with van der Waals surface area (Å²) in [5.41, 5.74) is 0. The van der Waals surface area contributed by atoms with Crippen molar-refractivity contribution in [3.63, 3.8) is 0 Å². The average Bonchev–Trinajstić information content (AvgIpc) is 2.37. The Morgan fingerprint density at radius 2 is 2.06 bits per heavy atom. The molecule has 3 N–H and O–H groups in total. The Bertz CT molecular complexity index is 208. The van der Waals surface area contributed by atoms with Crippen LogP contribution in [0, 0.1) is 5.92 Å². The normalized spacial score (nSPS) is 16.8. The number of ether oxygens (including phenoxy) is 2. The lowest BCUT2D eigenvalue weighted by Gasteiger charge is -2.22. The van der Waals surface area contributed by atoms with Crippen LogP contribution in [0.15, 0.2) is 0 Å². The topological polar surface area (TPSA) is 79.8 Å². The maximum absolute atomic E-state index is 11.4. The van der Waals surface area contributed by atoms with Crippen LogP contribution in [0.5, 0.6) is 0 Å². The molecule has 6 nitrogen and oxygen atoms in total. The molecule has 0 bridgehead atoms. The number of aliphatic hydroxyl groups is 1. The molecule has 0 aliphatic carbocycles. The van der Waals surface area contributed by atoms with Crippen LogP contribution in [0.4, 0.5) is 4.79 Å². The van der Waals surface area contributed by atoms with Gasteiger partial charge in [-0.15, -0.1) is 0 Å². The van der Waals surface area contributed by atoms with Gasteiger partial charge in [0.15, 0.2) is 0 Å². The second-order valence-corrected chi connectivity index (χ2v) is 4.03. The van der Waals surface area contributed by atoms with Gasteiger partial charge in [0.2, 0.25) is 0 Å². The number of carbonyl (C=O) groups excluding carboxylic acids is 1. The minimum absolute atomic E-state index is 0.00987. The summed E-state index contributed by atoms with van der Waals surface area (Å²) in [4.78, 5) is 11.4. The number of amides is 2. The molecule has 6 heteroatoms. The number of aliphatic hydroxyl groups excluding tert-OH is 1. The van der Waals surface area contributed by atoms with E-state index >= 15 is 0 Å². The summed E-state index contributed by atoms with van der Waals surface area (Å²) in [5.74, 6) is 0.528. The highest BCUT2D eigenvalue weighted by Crippen LogP contribution is 2.12. The Balaban J connectivity index is 1.93. The predicted octanol–water partition coefficient (Wildman–Crippen LogP) is -0.279. The number of hydrogen-bond donors (Lipinski definition) is 3. The molecule has 0 unspecified atom stereocenters. The highest BCUT2D eigenvalue weighted by molar-refractivity contribution is 5.73. The molecule has 1 aliphatic heterocycles. The molecule has 0 saturated carbocycles. The third-order valence-electron chi connectivity index (χ3n) is 2.66. The molecule has 2 amide bonds. The van der Waals surface area contributed by atoms with Crippen LogP contribution < -0.4 is 10.6 Å². The monoisotopic (exact) mass is 246 g/mol. The van der Waals surface area contributed by atoms with Gasteiger partial charge < -0.3 is 25.2 Å². The van der Waals surface area contributed by atoms with E-state index in [1.54, 1.807) is 0 Å². The molecule has 1 saturated heterocycles. The fraction of sp³-hybridized carbons (Fsp3) is 0.909. The van der Waals surface area contributed by atoms with E-state index in [4.69, 9.17) is 14.6 Å². The van der Waals surface area contributed by atoms with E-state index in [1.807, 2.05) is 0 Å². The van der Waals surface area contributed by atoms with E-state index in [0.29, 0.717) is 32.2 Å². The van der Waals surface area contributed by atoms with Crippen molar-refractivity contribution in [3.05, 3.63) is 0 Å². The lowest BCUT2D eigenvalue weighted by Crippen LogP contribution is -2.40. The van der Waals surface area contributed by atoms with Crippen molar-refractivity contribution in [2.75, 3.05) is 46.1 Å². The van der Waals surface area contributed by atoms with E-state index in [9.17, 15) is 4.79 Å². The SMILES string of the molecule is O=C(NCCOCCO)NCC1CCOCC1. The maximum Gasteiger partial charge on any atom is 0.314 e. The van der Waals surface area contributed by atoms with Crippen molar-refractivity contribution >= 4 is 6.03 Å². The summed E-state index contributed by atoms with van der Waals surface area (Å²) in [6.07, 6.45) is 2.03. The second-order valence-electron chi connectivity index (χ2n) is 4.03. The third-order valence-corrected chi connectivity index (χ3v) is 2.66. The second kappa shape index (κ2) is 9.21. The summed E-state index contributed by atoms with van der Waals surface area (Å²) in [6.45, 7) is 3.49. The molecule has 1 heterocycles. The van der Waals surface area contributed by atoms with E-state index < -0.39 is 0 Å². The molecule has 0 aromatic carbocycles. The summed E-state index contributed by atoms with van der Waals surface area (Å²) in [5, 5.41) is 14.0. The van der Waals surface area contributed by atoms with Gasteiger partial charge >= 0.3 is 6.03 Å². The fourth-order valence-electron chi connectivity index (χ4n) is 1.65. The van der Waals surface area contributed by atoms with E-state index in [2.05, 4.69) is 10.6 Å². The van der Waals surface area contributed by atoms with Crippen molar-refractivity contribution in [2.24, 2.45) is 5.92 Å². The van der Waals surface area contributed by atoms with Gasteiger partial charge in [0.1, 0.15) is 0 Å². The lowest BCUT2D eigenvalue weighted by atomic mass is 10.0. The first-order chi connectivity index (χ1) is 8.33. The van der Waals surface area contributed by atoms with Crippen LogP contribution in [0.1, 0.15) is 12.8 Å². The zero-order valence-electron chi connectivity index (χ0n) is 10.1. The largest absolute Gasteiger partial charge is 0.394 e. The van der Waals surface area contributed by atoms with Crippen molar-refractivity contribution in [1.82, 2.24) is 10.6 Å². The number of urea groups is 1. The van der Waals surface area contributed by atoms with Gasteiger partial charge in [0.05, 0.1) is 19.8 Å². The summed E-state index contributed by atoms with van der Waals surface area (Å²) >= 11 is 0. The fourth-order valence-corrected chi connectivity index (χ4v) is 1.65. The smallest absolute Gasteiger partial charge is 0.314 e. The van der Waals surface area contributed by atoms with Crippen LogP contribution in [0.25, 0.3) is 0 Å². The van der Waals surface area contributed by atoms with Crippen molar-refractivity contribution in [3.8, 4) is 0 Å². The van der Waals surface area contributed by atoms with E-state index in [1.165, 1.54) is 0 Å². The molecule has 17 heavy (non-hydrogen) atoms. The third kappa shape index (κ3) is 7.14. The molecule has 0 aromatic rings.